The van der Waals surface area contributed by atoms with Gasteiger partial charge < -0.3 is 15.0 Å². The van der Waals surface area contributed by atoms with Crippen molar-refractivity contribution in [3.05, 3.63) is 0 Å². The van der Waals surface area contributed by atoms with Crippen LogP contribution in [0.15, 0.2) is 0 Å². The van der Waals surface area contributed by atoms with Gasteiger partial charge in [0, 0.05) is 19.3 Å². The van der Waals surface area contributed by atoms with Gasteiger partial charge in [-0.3, -0.25) is 0 Å². The Balaban J connectivity index is 1.63. The Morgan fingerprint density at radius 1 is 1.17 bits per heavy atom. The highest BCUT2D eigenvalue weighted by Gasteiger charge is 2.23. The fourth-order valence-corrected chi connectivity index (χ4v) is 3.24. The molecule has 3 nitrogen and oxygen atoms in total. The molecule has 2 aliphatic rings. The maximum atomic E-state index is 5.41. The van der Waals surface area contributed by atoms with Crippen LogP contribution in [0.25, 0.3) is 0 Å². The minimum absolute atomic E-state index is 0.687. The first-order valence-corrected chi connectivity index (χ1v) is 7.83. The third-order valence-electron chi connectivity index (χ3n) is 4.86. The molecule has 0 aromatic heterocycles. The summed E-state index contributed by atoms with van der Waals surface area (Å²) in [6.45, 7) is 11.6. The minimum atomic E-state index is 0.687. The van der Waals surface area contributed by atoms with Gasteiger partial charge in [0.05, 0.1) is 0 Å². The van der Waals surface area contributed by atoms with Crippen molar-refractivity contribution >= 4 is 0 Å². The highest BCUT2D eigenvalue weighted by atomic mass is 16.5. The molecule has 18 heavy (non-hydrogen) atoms. The Morgan fingerprint density at radius 3 is 2.44 bits per heavy atom. The van der Waals surface area contributed by atoms with Crippen LogP contribution in [0.3, 0.4) is 0 Å². The van der Waals surface area contributed by atoms with E-state index >= 15 is 0 Å². The average molecular weight is 254 g/mol. The molecule has 0 aromatic rings. The number of piperidine rings is 1. The predicted octanol–water partition coefficient (Wildman–Crippen LogP) is 2.12. The zero-order valence-electron chi connectivity index (χ0n) is 12.2. The van der Waals surface area contributed by atoms with Crippen molar-refractivity contribution in [1.29, 1.82) is 0 Å². The summed E-state index contributed by atoms with van der Waals surface area (Å²) in [7, 11) is 0. The fraction of sp³-hybridized carbons (Fsp3) is 1.00. The van der Waals surface area contributed by atoms with E-state index in [1.54, 1.807) is 0 Å². The molecular weight excluding hydrogens is 224 g/mol. The van der Waals surface area contributed by atoms with E-state index in [1.807, 2.05) is 0 Å². The Morgan fingerprint density at radius 2 is 1.83 bits per heavy atom. The lowest BCUT2D eigenvalue weighted by atomic mass is 9.89. The maximum Gasteiger partial charge on any atom is 0.0469 e. The standard InChI is InChI=1S/C15H30N2O/c1-3-17-8-4-15(5-9-17)13(2)16-12-14-6-10-18-11-7-14/h13-16H,3-12H2,1-2H3. The number of likely N-dealkylation sites (tertiary alicyclic amines) is 1. The van der Waals surface area contributed by atoms with E-state index in [2.05, 4.69) is 24.1 Å². The van der Waals surface area contributed by atoms with Gasteiger partial charge in [-0.15, -0.1) is 0 Å². The third kappa shape index (κ3) is 4.22. The molecule has 3 heteroatoms. The third-order valence-corrected chi connectivity index (χ3v) is 4.86. The topological polar surface area (TPSA) is 24.5 Å². The number of nitrogens with one attached hydrogen (secondary N) is 1. The van der Waals surface area contributed by atoms with Gasteiger partial charge in [0.15, 0.2) is 0 Å². The molecule has 2 saturated heterocycles. The van der Waals surface area contributed by atoms with E-state index in [-0.39, 0.29) is 0 Å². The zero-order valence-corrected chi connectivity index (χ0v) is 12.2. The largest absolute Gasteiger partial charge is 0.381 e. The van der Waals surface area contributed by atoms with E-state index in [1.165, 1.54) is 51.9 Å². The van der Waals surface area contributed by atoms with Crippen LogP contribution in [0.4, 0.5) is 0 Å². The van der Waals surface area contributed by atoms with Crippen molar-refractivity contribution in [2.45, 2.75) is 45.6 Å². The lowest BCUT2D eigenvalue weighted by molar-refractivity contribution is 0.0641. The van der Waals surface area contributed by atoms with Gasteiger partial charge in [0.1, 0.15) is 0 Å². The first-order valence-electron chi connectivity index (χ1n) is 7.83. The SMILES string of the molecule is CCN1CCC(C(C)NCC2CCOCC2)CC1. The quantitative estimate of drug-likeness (QED) is 0.813. The Bertz CT molecular complexity index is 221. The average Bonchev–Trinajstić information content (AvgIpc) is 2.46. The molecule has 2 aliphatic heterocycles. The highest BCUT2D eigenvalue weighted by Crippen LogP contribution is 2.21. The van der Waals surface area contributed by atoms with Crippen LogP contribution in [-0.2, 0) is 4.74 Å². The van der Waals surface area contributed by atoms with Crippen molar-refractivity contribution < 1.29 is 4.74 Å². The minimum Gasteiger partial charge on any atom is -0.381 e. The van der Waals surface area contributed by atoms with Crippen LogP contribution in [0.5, 0.6) is 0 Å². The van der Waals surface area contributed by atoms with Crippen molar-refractivity contribution in [3.8, 4) is 0 Å². The van der Waals surface area contributed by atoms with Gasteiger partial charge in [-0.25, -0.2) is 0 Å². The molecule has 0 radical (unpaired) electrons. The number of nitrogens with zero attached hydrogens (tertiary/aromatic N) is 1. The second-order valence-electron chi connectivity index (χ2n) is 6.02. The number of rotatable bonds is 5. The molecule has 0 bridgehead atoms. The molecule has 106 valence electrons. The van der Waals surface area contributed by atoms with E-state index in [4.69, 9.17) is 4.74 Å². The molecule has 0 saturated carbocycles. The molecule has 2 fully saturated rings. The number of hydrogen-bond donors (Lipinski definition) is 1. The molecule has 1 unspecified atom stereocenters. The molecule has 0 amide bonds. The molecule has 0 aliphatic carbocycles. The second-order valence-corrected chi connectivity index (χ2v) is 6.02. The van der Waals surface area contributed by atoms with Crippen LogP contribution in [0.1, 0.15) is 39.5 Å². The van der Waals surface area contributed by atoms with Crippen molar-refractivity contribution in [2.24, 2.45) is 11.8 Å². The lowest BCUT2D eigenvalue weighted by Crippen LogP contribution is -2.43. The predicted molar refractivity (Wildman–Crippen MR) is 75.8 cm³/mol. The molecule has 2 rings (SSSR count). The van der Waals surface area contributed by atoms with Gasteiger partial charge in [0.2, 0.25) is 0 Å². The summed E-state index contributed by atoms with van der Waals surface area (Å²) in [5.41, 5.74) is 0. The summed E-state index contributed by atoms with van der Waals surface area (Å²) >= 11 is 0. The summed E-state index contributed by atoms with van der Waals surface area (Å²) in [6, 6.07) is 0.687. The van der Waals surface area contributed by atoms with Gasteiger partial charge in [-0.1, -0.05) is 6.92 Å². The smallest absolute Gasteiger partial charge is 0.0469 e. The molecule has 2 heterocycles. The monoisotopic (exact) mass is 254 g/mol. The normalized spacial score (nSPS) is 26.3. The number of hydrogen-bond acceptors (Lipinski definition) is 3. The lowest BCUT2D eigenvalue weighted by Gasteiger charge is -2.35. The molecule has 1 atom stereocenters. The Kier molecular flexibility index (Phi) is 5.93. The number of ether oxygens (including phenoxy) is 1. The molecule has 1 N–H and O–H groups in total. The molecule has 0 aromatic carbocycles. The van der Waals surface area contributed by atoms with Gasteiger partial charge in [-0.05, 0) is 70.6 Å². The zero-order chi connectivity index (χ0) is 12.8. The molecular formula is C15H30N2O. The maximum absolute atomic E-state index is 5.41. The molecule has 0 spiro atoms. The van der Waals surface area contributed by atoms with Crippen LogP contribution >= 0.6 is 0 Å². The second kappa shape index (κ2) is 7.46. The first kappa shape index (κ1) is 14.3. The Labute approximate surface area is 112 Å². The van der Waals surface area contributed by atoms with Crippen LogP contribution in [0.2, 0.25) is 0 Å². The van der Waals surface area contributed by atoms with E-state index in [0.717, 1.165) is 25.0 Å². The van der Waals surface area contributed by atoms with Gasteiger partial charge in [0.25, 0.3) is 0 Å². The summed E-state index contributed by atoms with van der Waals surface area (Å²) in [5, 5.41) is 3.78. The van der Waals surface area contributed by atoms with Crippen molar-refractivity contribution in [2.75, 3.05) is 39.4 Å². The van der Waals surface area contributed by atoms with Crippen molar-refractivity contribution in [1.82, 2.24) is 10.2 Å². The summed E-state index contributed by atoms with van der Waals surface area (Å²) in [6.07, 6.45) is 5.23. The van der Waals surface area contributed by atoms with E-state index in [0.29, 0.717) is 6.04 Å². The Hall–Kier alpha value is -0.120. The summed E-state index contributed by atoms with van der Waals surface area (Å²) in [4.78, 5) is 2.57. The van der Waals surface area contributed by atoms with E-state index in [9.17, 15) is 0 Å². The van der Waals surface area contributed by atoms with Gasteiger partial charge >= 0.3 is 0 Å². The summed E-state index contributed by atoms with van der Waals surface area (Å²) < 4.78 is 5.41. The van der Waals surface area contributed by atoms with Crippen LogP contribution in [0, 0.1) is 11.8 Å². The van der Waals surface area contributed by atoms with Crippen LogP contribution < -0.4 is 5.32 Å². The fourth-order valence-electron chi connectivity index (χ4n) is 3.24. The summed E-state index contributed by atoms with van der Waals surface area (Å²) in [5.74, 6) is 1.73. The van der Waals surface area contributed by atoms with Crippen molar-refractivity contribution in [3.63, 3.8) is 0 Å². The highest BCUT2D eigenvalue weighted by molar-refractivity contribution is 4.80. The van der Waals surface area contributed by atoms with Gasteiger partial charge in [-0.2, -0.15) is 0 Å². The van der Waals surface area contributed by atoms with E-state index < -0.39 is 0 Å². The van der Waals surface area contributed by atoms with Crippen LogP contribution in [-0.4, -0.2) is 50.3 Å². The first-order chi connectivity index (χ1) is 8.79.